The van der Waals surface area contributed by atoms with Gasteiger partial charge in [-0.1, -0.05) is 30.3 Å². The van der Waals surface area contributed by atoms with E-state index in [0.717, 1.165) is 0 Å². The molecule has 0 bridgehead atoms. The van der Waals surface area contributed by atoms with E-state index >= 15 is 0 Å². The Balaban J connectivity index is 0.00000121. The summed E-state index contributed by atoms with van der Waals surface area (Å²) in [6.45, 7) is 0. The Morgan fingerprint density at radius 2 is 1.75 bits per heavy atom. The smallest absolute Gasteiger partial charge is 0.337 e. The molecule has 0 amide bonds. The Morgan fingerprint density at radius 3 is 2.17 bits per heavy atom. The molecular formula is C8H8O3Ti. The first kappa shape index (κ1) is 11.4. The molecule has 0 aromatic heterocycles. The number of carboxylic acids is 1. The van der Waals surface area contributed by atoms with Crippen molar-refractivity contribution in [3.8, 4) is 0 Å². The Kier molecular flexibility index (Phi) is 4.82. The van der Waals surface area contributed by atoms with Crippen molar-refractivity contribution in [2.24, 2.45) is 0 Å². The molecule has 1 atom stereocenters. The summed E-state index contributed by atoms with van der Waals surface area (Å²) in [6.07, 6.45) is -1.41. The average Bonchev–Trinajstić information content (AvgIpc) is 2.05. The van der Waals surface area contributed by atoms with Crippen LogP contribution in [0.2, 0.25) is 0 Å². The maximum absolute atomic E-state index is 10.2. The largest absolute Gasteiger partial charge is 0.479 e. The molecule has 2 N–H and O–H groups in total. The molecule has 0 aliphatic heterocycles. The molecule has 0 fully saturated rings. The molecule has 0 saturated heterocycles. The van der Waals surface area contributed by atoms with Gasteiger partial charge in [-0.05, 0) is 5.56 Å². The van der Waals surface area contributed by atoms with Crippen LogP contribution >= 0.6 is 0 Å². The van der Waals surface area contributed by atoms with Crippen molar-refractivity contribution >= 4 is 5.97 Å². The SMILES string of the molecule is O=C(O)C(O)c1ccccc1.[Ti]. The minimum atomic E-state index is -1.41. The van der Waals surface area contributed by atoms with Gasteiger partial charge in [0, 0.05) is 21.7 Å². The van der Waals surface area contributed by atoms with E-state index in [1.807, 2.05) is 0 Å². The molecule has 0 heterocycles. The molecule has 0 radical (unpaired) electrons. The molecule has 1 aromatic carbocycles. The molecule has 0 spiro atoms. The van der Waals surface area contributed by atoms with Crippen molar-refractivity contribution in [2.45, 2.75) is 6.10 Å². The van der Waals surface area contributed by atoms with Crippen LogP contribution in [0.25, 0.3) is 0 Å². The van der Waals surface area contributed by atoms with Gasteiger partial charge in [0.2, 0.25) is 0 Å². The van der Waals surface area contributed by atoms with Crippen LogP contribution in [-0.2, 0) is 26.5 Å². The number of hydrogen-bond donors (Lipinski definition) is 2. The predicted molar refractivity (Wildman–Crippen MR) is 39.0 cm³/mol. The Labute approximate surface area is 84.9 Å². The number of carbonyl (C=O) groups is 1. The van der Waals surface area contributed by atoms with Gasteiger partial charge in [0.25, 0.3) is 0 Å². The number of carboxylic acid groups (broad SMARTS) is 1. The minimum Gasteiger partial charge on any atom is -0.479 e. The monoisotopic (exact) mass is 200 g/mol. The minimum absolute atomic E-state index is 0. The van der Waals surface area contributed by atoms with E-state index < -0.39 is 12.1 Å². The topological polar surface area (TPSA) is 57.5 Å². The van der Waals surface area contributed by atoms with Crippen LogP contribution in [0, 0.1) is 0 Å². The zero-order valence-corrected chi connectivity index (χ0v) is 7.83. The van der Waals surface area contributed by atoms with Crippen LogP contribution in [-0.4, -0.2) is 16.2 Å². The molecule has 1 aromatic rings. The van der Waals surface area contributed by atoms with Gasteiger partial charge < -0.3 is 10.2 Å². The second-order valence-corrected chi connectivity index (χ2v) is 2.15. The second kappa shape index (κ2) is 5.09. The first-order valence-electron chi connectivity index (χ1n) is 3.17. The van der Waals surface area contributed by atoms with Crippen molar-refractivity contribution < 1.29 is 36.7 Å². The van der Waals surface area contributed by atoms with Gasteiger partial charge in [-0.3, -0.25) is 0 Å². The van der Waals surface area contributed by atoms with E-state index in [1.165, 1.54) is 0 Å². The fourth-order valence-corrected chi connectivity index (χ4v) is 0.778. The van der Waals surface area contributed by atoms with Crippen molar-refractivity contribution in [3.63, 3.8) is 0 Å². The van der Waals surface area contributed by atoms with Crippen LogP contribution in [0.5, 0.6) is 0 Å². The van der Waals surface area contributed by atoms with Crippen molar-refractivity contribution in [1.29, 1.82) is 0 Å². The van der Waals surface area contributed by atoms with Gasteiger partial charge in [0.05, 0.1) is 0 Å². The number of aliphatic hydroxyl groups excluding tert-OH is 1. The fraction of sp³-hybridized carbons (Fsp3) is 0.125. The first-order valence-corrected chi connectivity index (χ1v) is 3.17. The summed E-state index contributed by atoms with van der Waals surface area (Å²) in [5.41, 5.74) is 0.403. The maximum Gasteiger partial charge on any atom is 0.337 e. The van der Waals surface area contributed by atoms with Crippen LogP contribution in [0.4, 0.5) is 0 Å². The third kappa shape index (κ3) is 2.78. The number of aliphatic hydroxyl groups is 1. The number of benzene rings is 1. The van der Waals surface area contributed by atoms with Gasteiger partial charge >= 0.3 is 5.97 Å². The molecule has 0 aliphatic carbocycles. The van der Waals surface area contributed by atoms with Crippen LogP contribution in [0.3, 0.4) is 0 Å². The van der Waals surface area contributed by atoms with Gasteiger partial charge in [0.1, 0.15) is 0 Å². The van der Waals surface area contributed by atoms with Gasteiger partial charge in [0.15, 0.2) is 6.10 Å². The molecule has 0 saturated carbocycles. The summed E-state index contributed by atoms with van der Waals surface area (Å²) < 4.78 is 0. The normalized spacial score (nSPS) is 11.4. The van der Waals surface area contributed by atoms with Crippen LogP contribution in [0.15, 0.2) is 30.3 Å². The fourth-order valence-electron chi connectivity index (χ4n) is 0.778. The van der Waals surface area contributed by atoms with Crippen LogP contribution < -0.4 is 0 Å². The van der Waals surface area contributed by atoms with Crippen molar-refractivity contribution in [1.82, 2.24) is 0 Å². The molecule has 62 valence electrons. The molecular weight excluding hydrogens is 192 g/mol. The second-order valence-electron chi connectivity index (χ2n) is 2.15. The number of rotatable bonds is 2. The molecule has 12 heavy (non-hydrogen) atoms. The van der Waals surface area contributed by atoms with Crippen molar-refractivity contribution in [3.05, 3.63) is 35.9 Å². The summed E-state index contributed by atoms with van der Waals surface area (Å²) in [6, 6.07) is 8.26. The summed E-state index contributed by atoms with van der Waals surface area (Å²) in [5.74, 6) is -1.23. The number of hydrogen-bond acceptors (Lipinski definition) is 2. The van der Waals surface area contributed by atoms with Gasteiger partial charge in [-0.25, -0.2) is 4.79 Å². The average molecular weight is 200 g/mol. The molecule has 1 unspecified atom stereocenters. The first-order chi connectivity index (χ1) is 5.22. The third-order valence-electron chi connectivity index (χ3n) is 1.35. The van der Waals surface area contributed by atoms with E-state index in [1.54, 1.807) is 30.3 Å². The van der Waals surface area contributed by atoms with E-state index in [2.05, 4.69) is 0 Å². The predicted octanol–water partition coefficient (Wildman–Crippen LogP) is 0.802. The van der Waals surface area contributed by atoms with E-state index in [9.17, 15) is 4.79 Å². The van der Waals surface area contributed by atoms with Gasteiger partial charge in [-0.2, -0.15) is 0 Å². The van der Waals surface area contributed by atoms with E-state index in [0.29, 0.717) is 5.56 Å². The summed E-state index contributed by atoms with van der Waals surface area (Å²) >= 11 is 0. The van der Waals surface area contributed by atoms with Gasteiger partial charge in [-0.15, -0.1) is 0 Å². The molecule has 0 aliphatic rings. The maximum atomic E-state index is 10.2. The zero-order chi connectivity index (χ0) is 8.27. The molecule has 3 nitrogen and oxygen atoms in total. The molecule has 4 heteroatoms. The summed E-state index contributed by atoms with van der Waals surface area (Å²) in [4.78, 5) is 10.2. The van der Waals surface area contributed by atoms with Crippen molar-refractivity contribution in [2.75, 3.05) is 0 Å². The van der Waals surface area contributed by atoms with E-state index in [-0.39, 0.29) is 21.7 Å². The standard InChI is InChI=1S/C8H8O3.Ti/c9-7(8(10)11)6-4-2-1-3-5-6;/h1-5,7,9H,(H,10,11);. The van der Waals surface area contributed by atoms with E-state index in [4.69, 9.17) is 10.2 Å². The number of aliphatic carboxylic acids is 1. The summed E-state index contributed by atoms with van der Waals surface area (Å²) in [5, 5.41) is 17.4. The molecule has 1 rings (SSSR count). The Hall–Kier alpha value is -0.636. The zero-order valence-electron chi connectivity index (χ0n) is 6.27. The summed E-state index contributed by atoms with van der Waals surface area (Å²) in [7, 11) is 0. The quantitative estimate of drug-likeness (QED) is 0.694. The third-order valence-corrected chi connectivity index (χ3v) is 1.35. The Bertz CT molecular complexity index is 248. The van der Waals surface area contributed by atoms with Crippen LogP contribution in [0.1, 0.15) is 11.7 Å². The Morgan fingerprint density at radius 1 is 1.25 bits per heavy atom.